The van der Waals surface area contributed by atoms with Crippen molar-refractivity contribution in [2.24, 2.45) is 0 Å². The Morgan fingerprint density at radius 2 is 1.68 bits per heavy atom. The van der Waals surface area contributed by atoms with Gasteiger partial charge in [-0.05, 0) is 54.9 Å². The Kier molecular flexibility index (Phi) is 4.30. The molecule has 5 heteroatoms. The summed E-state index contributed by atoms with van der Waals surface area (Å²) < 4.78 is 1.87. The lowest BCUT2D eigenvalue weighted by molar-refractivity contribution is -0.131. The predicted octanol–water partition coefficient (Wildman–Crippen LogP) is 3.61. The molecular formula is C23H25N3O2. The minimum atomic E-state index is -0.0540. The van der Waals surface area contributed by atoms with Crippen LogP contribution in [-0.2, 0) is 11.2 Å². The van der Waals surface area contributed by atoms with Crippen LogP contribution in [0.15, 0.2) is 53.3 Å². The van der Waals surface area contributed by atoms with Crippen molar-refractivity contribution < 1.29 is 4.79 Å². The number of hydrogen-bond acceptors (Lipinski definition) is 2. The molecule has 28 heavy (non-hydrogen) atoms. The highest BCUT2D eigenvalue weighted by molar-refractivity contribution is 5.79. The summed E-state index contributed by atoms with van der Waals surface area (Å²) in [4.78, 5) is 30.0. The number of rotatable bonds is 4. The van der Waals surface area contributed by atoms with E-state index in [0.717, 1.165) is 35.4 Å². The molecule has 0 spiro atoms. The maximum atomic E-state index is 12.7. The third kappa shape index (κ3) is 3.26. The Labute approximate surface area is 164 Å². The van der Waals surface area contributed by atoms with E-state index in [0.29, 0.717) is 19.5 Å². The van der Waals surface area contributed by atoms with Gasteiger partial charge < -0.3 is 9.88 Å². The number of carbonyl (C=O) groups is 1. The molecular weight excluding hydrogens is 350 g/mol. The first-order valence-corrected chi connectivity index (χ1v) is 10.2. The second-order valence-electron chi connectivity index (χ2n) is 8.12. The number of likely N-dealkylation sites (tertiary alicyclic amines) is 1. The standard InChI is InChI=1S/C23H25N3O2/c27-22(15-16-5-7-17(8-6-16)18-9-10-18)25-13-11-19(12-14-25)26-21-4-2-1-3-20(21)24-23(26)28/h1-8,18-19H,9-15H2,(H,24,28). The van der Waals surface area contributed by atoms with Crippen molar-refractivity contribution in [2.75, 3.05) is 13.1 Å². The molecule has 1 aromatic heterocycles. The average molecular weight is 375 g/mol. The van der Waals surface area contributed by atoms with Crippen LogP contribution < -0.4 is 5.69 Å². The second kappa shape index (κ2) is 6.97. The van der Waals surface area contributed by atoms with Gasteiger partial charge in [-0.25, -0.2) is 4.79 Å². The van der Waals surface area contributed by atoms with E-state index in [1.54, 1.807) is 0 Å². The van der Waals surface area contributed by atoms with Crippen molar-refractivity contribution in [2.45, 2.75) is 44.1 Å². The number of H-pyrrole nitrogens is 1. The van der Waals surface area contributed by atoms with E-state index in [9.17, 15) is 9.59 Å². The van der Waals surface area contributed by atoms with E-state index in [-0.39, 0.29) is 17.6 Å². The molecule has 1 saturated carbocycles. The third-order valence-electron chi connectivity index (χ3n) is 6.19. The maximum absolute atomic E-state index is 12.7. The van der Waals surface area contributed by atoms with Crippen molar-refractivity contribution in [1.82, 2.24) is 14.5 Å². The first-order chi connectivity index (χ1) is 13.7. The van der Waals surface area contributed by atoms with Crippen molar-refractivity contribution in [3.63, 3.8) is 0 Å². The van der Waals surface area contributed by atoms with E-state index < -0.39 is 0 Å². The van der Waals surface area contributed by atoms with Crippen molar-refractivity contribution in [3.05, 3.63) is 70.1 Å². The summed E-state index contributed by atoms with van der Waals surface area (Å²) in [6.07, 6.45) is 4.68. The van der Waals surface area contributed by atoms with E-state index in [1.807, 2.05) is 33.7 Å². The average Bonchev–Trinajstić information content (AvgIpc) is 3.51. The molecule has 1 aliphatic heterocycles. The number of aromatic amines is 1. The summed E-state index contributed by atoms with van der Waals surface area (Å²) in [5.74, 6) is 0.931. The Morgan fingerprint density at radius 1 is 0.964 bits per heavy atom. The number of imidazole rings is 1. The predicted molar refractivity (Wildman–Crippen MR) is 110 cm³/mol. The van der Waals surface area contributed by atoms with Crippen LogP contribution in [0.4, 0.5) is 0 Å². The van der Waals surface area contributed by atoms with Gasteiger partial charge in [0.2, 0.25) is 5.91 Å². The molecule has 5 nitrogen and oxygen atoms in total. The number of piperidine rings is 1. The Morgan fingerprint density at radius 3 is 2.39 bits per heavy atom. The summed E-state index contributed by atoms with van der Waals surface area (Å²) in [7, 11) is 0. The molecule has 2 fully saturated rings. The fourth-order valence-electron chi connectivity index (χ4n) is 4.42. The van der Waals surface area contributed by atoms with Gasteiger partial charge in [-0.2, -0.15) is 0 Å². The summed E-state index contributed by atoms with van der Waals surface area (Å²) in [5, 5.41) is 0. The highest BCUT2D eigenvalue weighted by Gasteiger charge is 2.26. The number of nitrogens with zero attached hydrogens (tertiary/aromatic N) is 2. The molecule has 1 amide bonds. The number of carbonyl (C=O) groups excluding carboxylic acids is 1. The normalized spacial score (nSPS) is 17.9. The molecule has 0 atom stereocenters. The molecule has 5 rings (SSSR count). The zero-order valence-electron chi connectivity index (χ0n) is 15.9. The number of aromatic nitrogens is 2. The highest BCUT2D eigenvalue weighted by atomic mass is 16.2. The molecule has 2 heterocycles. The molecule has 0 bridgehead atoms. The molecule has 2 aliphatic rings. The van der Waals surface area contributed by atoms with Crippen LogP contribution in [0.5, 0.6) is 0 Å². The lowest BCUT2D eigenvalue weighted by atomic mass is 10.0. The molecule has 0 unspecified atom stereocenters. The molecule has 1 N–H and O–H groups in total. The SMILES string of the molecule is O=C(Cc1ccc(C2CC2)cc1)N1CCC(n2c(=O)[nH]c3ccccc32)CC1. The van der Waals surface area contributed by atoms with Gasteiger partial charge in [0.25, 0.3) is 0 Å². The fraction of sp³-hybridized carbons (Fsp3) is 0.391. The van der Waals surface area contributed by atoms with Gasteiger partial charge in [0.1, 0.15) is 0 Å². The largest absolute Gasteiger partial charge is 0.342 e. The lowest BCUT2D eigenvalue weighted by Gasteiger charge is -2.32. The smallest absolute Gasteiger partial charge is 0.326 e. The third-order valence-corrected chi connectivity index (χ3v) is 6.19. The first-order valence-electron chi connectivity index (χ1n) is 10.2. The van der Waals surface area contributed by atoms with Crippen LogP contribution in [0, 0.1) is 0 Å². The molecule has 0 radical (unpaired) electrons. The molecule has 2 aromatic carbocycles. The Bertz CT molecular complexity index is 1050. The quantitative estimate of drug-likeness (QED) is 0.757. The zero-order chi connectivity index (χ0) is 19.1. The van der Waals surface area contributed by atoms with Crippen LogP contribution in [0.2, 0.25) is 0 Å². The molecule has 1 aliphatic carbocycles. The summed E-state index contributed by atoms with van der Waals surface area (Å²) >= 11 is 0. The van der Waals surface area contributed by atoms with Crippen LogP contribution in [-0.4, -0.2) is 33.4 Å². The van der Waals surface area contributed by atoms with Gasteiger partial charge in [0, 0.05) is 19.1 Å². The van der Waals surface area contributed by atoms with Gasteiger partial charge in [0.05, 0.1) is 17.5 Å². The molecule has 3 aromatic rings. The summed E-state index contributed by atoms with van der Waals surface area (Å²) in [6, 6.07) is 16.5. The number of amides is 1. The van der Waals surface area contributed by atoms with Crippen LogP contribution in [0.3, 0.4) is 0 Å². The van der Waals surface area contributed by atoms with Crippen molar-refractivity contribution in [3.8, 4) is 0 Å². The van der Waals surface area contributed by atoms with Gasteiger partial charge in [0.15, 0.2) is 0 Å². The monoisotopic (exact) mass is 375 g/mol. The maximum Gasteiger partial charge on any atom is 0.326 e. The van der Waals surface area contributed by atoms with E-state index in [2.05, 4.69) is 29.2 Å². The van der Waals surface area contributed by atoms with E-state index in [4.69, 9.17) is 0 Å². The topological polar surface area (TPSA) is 58.1 Å². The van der Waals surface area contributed by atoms with Gasteiger partial charge in [-0.3, -0.25) is 9.36 Å². The Hall–Kier alpha value is -2.82. The Balaban J connectivity index is 1.23. The van der Waals surface area contributed by atoms with Crippen molar-refractivity contribution >= 4 is 16.9 Å². The first kappa shape index (κ1) is 17.3. The van der Waals surface area contributed by atoms with Crippen LogP contribution in [0.25, 0.3) is 11.0 Å². The van der Waals surface area contributed by atoms with Gasteiger partial charge in [-0.15, -0.1) is 0 Å². The highest BCUT2D eigenvalue weighted by Crippen LogP contribution is 2.39. The number of nitrogens with one attached hydrogen (secondary N) is 1. The van der Waals surface area contributed by atoms with Crippen LogP contribution in [0.1, 0.15) is 48.8 Å². The molecule has 1 saturated heterocycles. The number of fused-ring (bicyclic) bond motifs is 1. The number of hydrogen-bond donors (Lipinski definition) is 1. The molecule has 144 valence electrons. The van der Waals surface area contributed by atoms with Gasteiger partial charge >= 0.3 is 5.69 Å². The van der Waals surface area contributed by atoms with E-state index >= 15 is 0 Å². The fourth-order valence-corrected chi connectivity index (χ4v) is 4.42. The summed E-state index contributed by atoms with van der Waals surface area (Å²) in [5.41, 5.74) is 4.26. The summed E-state index contributed by atoms with van der Waals surface area (Å²) in [6.45, 7) is 1.41. The minimum absolute atomic E-state index is 0.0540. The second-order valence-corrected chi connectivity index (χ2v) is 8.12. The number of benzene rings is 2. The lowest BCUT2D eigenvalue weighted by Crippen LogP contribution is -2.41. The zero-order valence-corrected chi connectivity index (χ0v) is 15.9. The van der Waals surface area contributed by atoms with E-state index in [1.165, 1.54) is 18.4 Å². The van der Waals surface area contributed by atoms with Gasteiger partial charge in [-0.1, -0.05) is 36.4 Å². The van der Waals surface area contributed by atoms with Crippen LogP contribution >= 0.6 is 0 Å². The minimum Gasteiger partial charge on any atom is -0.342 e. The van der Waals surface area contributed by atoms with Crippen molar-refractivity contribution in [1.29, 1.82) is 0 Å². The number of para-hydroxylation sites is 2.